The van der Waals surface area contributed by atoms with Crippen LogP contribution >= 0.6 is 0 Å². The molecule has 1 aliphatic rings. The van der Waals surface area contributed by atoms with Gasteiger partial charge in [-0.1, -0.05) is 76.4 Å². The highest BCUT2D eigenvalue weighted by atomic mass is 19.1. The van der Waals surface area contributed by atoms with Crippen LogP contribution in [0.15, 0.2) is 48.5 Å². The van der Waals surface area contributed by atoms with Crippen LogP contribution in [0, 0.1) is 5.82 Å². The molecule has 1 saturated carbocycles. The first-order chi connectivity index (χ1) is 16.4. The number of nitrogens with one attached hydrogen (secondary N) is 1. The summed E-state index contributed by atoms with van der Waals surface area (Å²) in [7, 11) is 0. The SMILES string of the molecule is CCC(C(=O)NC1CCCCC1)N(Cc1ccc(F)cc1)C(=O)CCc1ccc(C(C)C)cc1. The number of halogens is 1. The first kappa shape index (κ1) is 25.9. The Balaban J connectivity index is 1.73. The summed E-state index contributed by atoms with van der Waals surface area (Å²) in [6.07, 6.45) is 6.98. The number of benzene rings is 2. The third-order valence-corrected chi connectivity index (χ3v) is 6.88. The fourth-order valence-corrected chi connectivity index (χ4v) is 4.71. The molecule has 1 unspecified atom stereocenters. The van der Waals surface area contributed by atoms with Crippen molar-refractivity contribution in [2.75, 3.05) is 0 Å². The summed E-state index contributed by atoms with van der Waals surface area (Å²) in [6.45, 7) is 6.56. The summed E-state index contributed by atoms with van der Waals surface area (Å²) in [4.78, 5) is 28.4. The Labute approximate surface area is 203 Å². The van der Waals surface area contributed by atoms with E-state index in [0.717, 1.165) is 36.8 Å². The minimum Gasteiger partial charge on any atom is -0.352 e. The molecule has 0 aliphatic heterocycles. The number of hydrogen-bond acceptors (Lipinski definition) is 2. The Morgan fingerprint density at radius 2 is 1.59 bits per heavy atom. The van der Waals surface area contributed by atoms with Crippen molar-refractivity contribution in [1.29, 1.82) is 0 Å². The largest absolute Gasteiger partial charge is 0.352 e. The highest BCUT2D eigenvalue weighted by molar-refractivity contribution is 5.88. The number of rotatable bonds is 10. The predicted octanol–water partition coefficient (Wildman–Crippen LogP) is 6.14. The van der Waals surface area contributed by atoms with Crippen molar-refractivity contribution in [1.82, 2.24) is 10.2 Å². The quantitative estimate of drug-likeness (QED) is 0.457. The minimum atomic E-state index is -0.539. The van der Waals surface area contributed by atoms with Gasteiger partial charge in [0.25, 0.3) is 0 Å². The molecule has 2 aromatic rings. The van der Waals surface area contributed by atoms with Crippen LogP contribution in [0.3, 0.4) is 0 Å². The first-order valence-electron chi connectivity index (χ1n) is 12.8. The monoisotopic (exact) mass is 466 g/mol. The summed E-state index contributed by atoms with van der Waals surface area (Å²) in [5.74, 6) is 0.0254. The third kappa shape index (κ3) is 7.41. The normalized spacial score (nSPS) is 15.2. The number of carbonyl (C=O) groups excluding carboxylic acids is 2. The van der Waals surface area contributed by atoms with Gasteiger partial charge in [-0.25, -0.2) is 4.39 Å². The number of hydrogen-bond donors (Lipinski definition) is 1. The molecule has 184 valence electrons. The molecule has 0 spiro atoms. The zero-order chi connectivity index (χ0) is 24.5. The molecule has 1 aliphatic carbocycles. The molecule has 2 aromatic carbocycles. The van der Waals surface area contributed by atoms with E-state index in [1.165, 1.54) is 24.1 Å². The van der Waals surface area contributed by atoms with E-state index in [2.05, 4.69) is 43.4 Å². The van der Waals surface area contributed by atoms with Crippen LogP contribution in [-0.4, -0.2) is 28.8 Å². The summed E-state index contributed by atoms with van der Waals surface area (Å²) in [5.41, 5.74) is 3.21. The number of aryl methyl sites for hydroxylation is 1. The lowest BCUT2D eigenvalue weighted by atomic mass is 9.95. The highest BCUT2D eigenvalue weighted by Crippen LogP contribution is 2.20. The van der Waals surface area contributed by atoms with Crippen molar-refractivity contribution in [3.8, 4) is 0 Å². The van der Waals surface area contributed by atoms with E-state index in [1.54, 1.807) is 17.0 Å². The van der Waals surface area contributed by atoms with E-state index in [9.17, 15) is 14.0 Å². The Morgan fingerprint density at radius 1 is 0.971 bits per heavy atom. The zero-order valence-corrected chi connectivity index (χ0v) is 20.9. The lowest BCUT2D eigenvalue weighted by Gasteiger charge is -2.33. The summed E-state index contributed by atoms with van der Waals surface area (Å²) < 4.78 is 13.4. The second-order valence-electron chi connectivity index (χ2n) is 9.81. The van der Waals surface area contributed by atoms with Crippen molar-refractivity contribution in [3.05, 3.63) is 71.0 Å². The summed E-state index contributed by atoms with van der Waals surface area (Å²) in [5, 5.41) is 3.20. The first-order valence-corrected chi connectivity index (χ1v) is 12.8. The standard InChI is InChI=1S/C29H39FN2O2/c1-4-27(29(34)31-26-8-6-5-7-9-26)32(20-23-12-17-25(30)18-13-23)28(33)19-14-22-10-15-24(16-11-22)21(2)3/h10-13,15-18,21,26-27H,4-9,14,19-20H2,1-3H3,(H,31,34). The van der Waals surface area contributed by atoms with Crippen LogP contribution in [0.5, 0.6) is 0 Å². The number of carbonyl (C=O) groups is 2. The molecule has 1 N–H and O–H groups in total. The van der Waals surface area contributed by atoms with Gasteiger partial charge < -0.3 is 10.2 Å². The minimum absolute atomic E-state index is 0.0529. The van der Waals surface area contributed by atoms with E-state index in [0.29, 0.717) is 31.7 Å². The summed E-state index contributed by atoms with van der Waals surface area (Å²) in [6, 6.07) is 14.2. The Morgan fingerprint density at radius 3 is 2.18 bits per heavy atom. The van der Waals surface area contributed by atoms with Crippen LogP contribution in [0.2, 0.25) is 0 Å². The van der Waals surface area contributed by atoms with E-state index in [-0.39, 0.29) is 23.7 Å². The molecular weight excluding hydrogens is 427 g/mol. The summed E-state index contributed by atoms with van der Waals surface area (Å²) >= 11 is 0. The van der Waals surface area contributed by atoms with Gasteiger partial charge in [0.1, 0.15) is 11.9 Å². The van der Waals surface area contributed by atoms with E-state index < -0.39 is 6.04 Å². The number of nitrogens with zero attached hydrogens (tertiary/aromatic N) is 1. The molecule has 3 rings (SSSR count). The van der Waals surface area contributed by atoms with E-state index in [1.807, 2.05) is 6.92 Å². The molecule has 1 fully saturated rings. The van der Waals surface area contributed by atoms with Gasteiger partial charge >= 0.3 is 0 Å². The lowest BCUT2D eigenvalue weighted by Crippen LogP contribution is -2.51. The zero-order valence-electron chi connectivity index (χ0n) is 20.9. The van der Waals surface area contributed by atoms with Gasteiger partial charge in [-0.05, 0) is 60.4 Å². The van der Waals surface area contributed by atoms with Crippen molar-refractivity contribution in [2.45, 2.75) is 96.7 Å². The molecule has 0 heterocycles. The Kier molecular flexibility index (Phi) is 9.67. The maximum atomic E-state index is 13.4. The molecule has 0 saturated heterocycles. The van der Waals surface area contributed by atoms with Gasteiger partial charge in [0.05, 0.1) is 0 Å². The molecule has 2 amide bonds. The van der Waals surface area contributed by atoms with Crippen molar-refractivity contribution in [2.24, 2.45) is 0 Å². The molecule has 0 radical (unpaired) electrons. The van der Waals surface area contributed by atoms with Crippen molar-refractivity contribution < 1.29 is 14.0 Å². The molecular formula is C29H39FN2O2. The molecule has 1 atom stereocenters. The lowest BCUT2D eigenvalue weighted by molar-refractivity contribution is -0.141. The number of amides is 2. The van der Waals surface area contributed by atoms with Gasteiger partial charge in [-0.15, -0.1) is 0 Å². The van der Waals surface area contributed by atoms with Crippen LogP contribution < -0.4 is 5.32 Å². The van der Waals surface area contributed by atoms with Crippen LogP contribution in [0.1, 0.15) is 88.3 Å². The van der Waals surface area contributed by atoms with Crippen molar-refractivity contribution >= 4 is 11.8 Å². The molecule has 5 heteroatoms. The average Bonchev–Trinajstić information content (AvgIpc) is 2.84. The average molecular weight is 467 g/mol. The second-order valence-corrected chi connectivity index (χ2v) is 9.81. The van der Waals surface area contributed by atoms with Gasteiger partial charge in [0.2, 0.25) is 11.8 Å². The Bertz CT molecular complexity index is 918. The van der Waals surface area contributed by atoms with E-state index in [4.69, 9.17) is 0 Å². The third-order valence-electron chi connectivity index (χ3n) is 6.88. The molecule has 4 nitrogen and oxygen atoms in total. The van der Waals surface area contributed by atoms with Gasteiger partial charge in [-0.2, -0.15) is 0 Å². The second kappa shape index (κ2) is 12.7. The maximum Gasteiger partial charge on any atom is 0.243 e. The molecule has 0 aromatic heterocycles. The fourth-order valence-electron chi connectivity index (χ4n) is 4.71. The van der Waals surface area contributed by atoms with Crippen LogP contribution in [0.4, 0.5) is 4.39 Å². The molecule has 0 bridgehead atoms. The van der Waals surface area contributed by atoms with Gasteiger partial charge in [0.15, 0.2) is 0 Å². The van der Waals surface area contributed by atoms with Crippen molar-refractivity contribution in [3.63, 3.8) is 0 Å². The Hall–Kier alpha value is -2.69. The topological polar surface area (TPSA) is 49.4 Å². The molecule has 34 heavy (non-hydrogen) atoms. The van der Waals surface area contributed by atoms with Gasteiger partial charge in [-0.3, -0.25) is 9.59 Å². The smallest absolute Gasteiger partial charge is 0.243 e. The van der Waals surface area contributed by atoms with Crippen LogP contribution in [0.25, 0.3) is 0 Å². The highest BCUT2D eigenvalue weighted by Gasteiger charge is 2.30. The van der Waals surface area contributed by atoms with E-state index >= 15 is 0 Å². The predicted molar refractivity (Wildman–Crippen MR) is 135 cm³/mol. The maximum absolute atomic E-state index is 13.4. The van der Waals surface area contributed by atoms with Crippen LogP contribution in [-0.2, 0) is 22.6 Å². The van der Waals surface area contributed by atoms with Gasteiger partial charge in [0, 0.05) is 19.0 Å². The fraction of sp³-hybridized carbons (Fsp3) is 0.517.